The van der Waals surface area contributed by atoms with Crippen molar-refractivity contribution < 1.29 is 19.4 Å². The number of benzene rings is 2. The van der Waals surface area contributed by atoms with Crippen LogP contribution in [0.2, 0.25) is 0 Å². The SMILES string of the molecule is CC(C)(C(=O)O)c1ccc(-c2cc(F)ccc2O)cc1. The van der Waals surface area contributed by atoms with Gasteiger partial charge in [0.2, 0.25) is 0 Å². The fourth-order valence-electron chi connectivity index (χ4n) is 1.93. The molecular weight excluding hydrogens is 259 g/mol. The van der Waals surface area contributed by atoms with Gasteiger partial charge in [0.25, 0.3) is 0 Å². The number of halogens is 1. The molecule has 0 fully saturated rings. The first-order chi connectivity index (χ1) is 9.32. The number of carbonyl (C=O) groups is 1. The molecule has 0 bridgehead atoms. The van der Waals surface area contributed by atoms with Crippen molar-refractivity contribution in [2.75, 3.05) is 0 Å². The van der Waals surface area contributed by atoms with Crippen LogP contribution in [-0.4, -0.2) is 16.2 Å². The minimum Gasteiger partial charge on any atom is -0.507 e. The second-order valence-electron chi connectivity index (χ2n) is 5.17. The molecular formula is C16H15FO3. The molecule has 0 amide bonds. The average molecular weight is 274 g/mol. The lowest BCUT2D eigenvalue weighted by Gasteiger charge is -2.20. The maximum atomic E-state index is 13.2. The second kappa shape index (κ2) is 4.96. The zero-order valence-corrected chi connectivity index (χ0v) is 11.2. The van der Waals surface area contributed by atoms with Gasteiger partial charge in [-0.3, -0.25) is 4.79 Å². The number of hydrogen-bond donors (Lipinski definition) is 2. The van der Waals surface area contributed by atoms with E-state index in [0.717, 1.165) is 0 Å². The third-order valence-electron chi connectivity index (χ3n) is 3.41. The Morgan fingerprint density at radius 3 is 2.25 bits per heavy atom. The number of aromatic hydroxyl groups is 1. The van der Waals surface area contributed by atoms with E-state index >= 15 is 0 Å². The van der Waals surface area contributed by atoms with E-state index < -0.39 is 17.2 Å². The number of phenolic OH excluding ortho intramolecular Hbond substituents is 1. The van der Waals surface area contributed by atoms with Crippen molar-refractivity contribution in [1.82, 2.24) is 0 Å². The zero-order valence-electron chi connectivity index (χ0n) is 11.2. The Morgan fingerprint density at radius 1 is 1.10 bits per heavy atom. The van der Waals surface area contributed by atoms with Crippen molar-refractivity contribution in [3.05, 3.63) is 53.8 Å². The van der Waals surface area contributed by atoms with Gasteiger partial charge in [-0.05, 0) is 43.2 Å². The van der Waals surface area contributed by atoms with Crippen molar-refractivity contribution in [2.24, 2.45) is 0 Å². The summed E-state index contributed by atoms with van der Waals surface area (Å²) >= 11 is 0. The Labute approximate surface area is 116 Å². The zero-order chi connectivity index (χ0) is 14.9. The number of phenols is 1. The molecule has 0 aliphatic rings. The highest BCUT2D eigenvalue weighted by Crippen LogP contribution is 2.32. The van der Waals surface area contributed by atoms with Gasteiger partial charge in [0.1, 0.15) is 11.6 Å². The Hall–Kier alpha value is -2.36. The van der Waals surface area contributed by atoms with Crippen molar-refractivity contribution in [1.29, 1.82) is 0 Å². The lowest BCUT2D eigenvalue weighted by atomic mass is 9.84. The minimum absolute atomic E-state index is 0.0170. The molecule has 2 aromatic carbocycles. The minimum atomic E-state index is -0.998. The van der Waals surface area contributed by atoms with Gasteiger partial charge in [0.15, 0.2) is 0 Å². The molecule has 3 nitrogen and oxygen atoms in total. The van der Waals surface area contributed by atoms with Gasteiger partial charge in [-0.2, -0.15) is 0 Å². The molecule has 0 atom stereocenters. The van der Waals surface area contributed by atoms with Crippen LogP contribution in [0.25, 0.3) is 11.1 Å². The molecule has 0 aliphatic heterocycles. The second-order valence-corrected chi connectivity index (χ2v) is 5.17. The maximum absolute atomic E-state index is 13.2. The van der Waals surface area contributed by atoms with Crippen LogP contribution >= 0.6 is 0 Å². The fourth-order valence-corrected chi connectivity index (χ4v) is 1.93. The highest BCUT2D eigenvalue weighted by Gasteiger charge is 2.29. The summed E-state index contributed by atoms with van der Waals surface area (Å²) in [7, 11) is 0. The summed E-state index contributed by atoms with van der Waals surface area (Å²) in [4.78, 5) is 11.2. The monoisotopic (exact) mass is 274 g/mol. The Morgan fingerprint density at radius 2 is 1.70 bits per heavy atom. The summed E-state index contributed by atoms with van der Waals surface area (Å²) in [5.41, 5.74) is 0.656. The average Bonchev–Trinajstić information content (AvgIpc) is 2.41. The van der Waals surface area contributed by atoms with Crippen LogP contribution in [0.15, 0.2) is 42.5 Å². The van der Waals surface area contributed by atoms with Gasteiger partial charge in [0, 0.05) is 5.56 Å². The number of hydrogen-bond acceptors (Lipinski definition) is 2. The van der Waals surface area contributed by atoms with Gasteiger partial charge < -0.3 is 10.2 Å². The van der Waals surface area contributed by atoms with E-state index in [9.17, 15) is 19.4 Å². The lowest BCUT2D eigenvalue weighted by Crippen LogP contribution is -2.28. The molecule has 0 saturated heterocycles. The van der Waals surface area contributed by atoms with Crippen LogP contribution in [0.1, 0.15) is 19.4 Å². The van der Waals surface area contributed by atoms with Crippen LogP contribution < -0.4 is 0 Å². The molecule has 0 heterocycles. The lowest BCUT2D eigenvalue weighted by molar-refractivity contribution is -0.142. The first-order valence-corrected chi connectivity index (χ1v) is 6.15. The van der Waals surface area contributed by atoms with Crippen LogP contribution in [0.5, 0.6) is 5.75 Å². The molecule has 0 saturated carbocycles. The molecule has 0 aliphatic carbocycles. The van der Waals surface area contributed by atoms with E-state index in [2.05, 4.69) is 0 Å². The molecule has 0 spiro atoms. The van der Waals surface area contributed by atoms with E-state index in [1.165, 1.54) is 18.2 Å². The summed E-state index contributed by atoms with van der Waals surface area (Å²) in [6.45, 7) is 3.23. The van der Waals surface area contributed by atoms with E-state index in [0.29, 0.717) is 16.7 Å². The molecule has 0 aromatic heterocycles. The fraction of sp³-hybridized carbons (Fsp3) is 0.188. The highest BCUT2D eigenvalue weighted by atomic mass is 19.1. The van der Waals surface area contributed by atoms with E-state index in [-0.39, 0.29) is 5.75 Å². The first kappa shape index (κ1) is 14.1. The van der Waals surface area contributed by atoms with Crippen LogP contribution in [0.3, 0.4) is 0 Å². The Bertz CT molecular complexity index is 645. The van der Waals surface area contributed by atoms with E-state index in [1.54, 1.807) is 38.1 Å². The van der Waals surface area contributed by atoms with Gasteiger partial charge >= 0.3 is 5.97 Å². The largest absolute Gasteiger partial charge is 0.507 e. The smallest absolute Gasteiger partial charge is 0.313 e. The van der Waals surface area contributed by atoms with Crippen molar-refractivity contribution in [3.63, 3.8) is 0 Å². The quantitative estimate of drug-likeness (QED) is 0.899. The third kappa shape index (κ3) is 2.50. The molecule has 2 aromatic rings. The Balaban J connectivity index is 2.43. The molecule has 4 heteroatoms. The van der Waals surface area contributed by atoms with E-state index in [4.69, 9.17) is 0 Å². The van der Waals surface area contributed by atoms with Gasteiger partial charge in [-0.15, -0.1) is 0 Å². The summed E-state index contributed by atoms with van der Waals surface area (Å²) in [5, 5.41) is 18.9. The summed E-state index contributed by atoms with van der Waals surface area (Å²) in [6, 6.07) is 10.4. The van der Waals surface area contributed by atoms with Crippen molar-refractivity contribution in [2.45, 2.75) is 19.3 Å². The molecule has 0 radical (unpaired) electrons. The first-order valence-electron chi connectivity index (χ1n) is 6.15. The van der Waals surface area contributed by atoms with Crippen molar-refractivity contribution in [3.8, 4) is 16.9 Å². The Kier molecular flexibility index (Phi) is 3.49. The maximum Gasteiger partial charge on any atom is 0.313 e. The van der Waals surface area contributed by atoms with Crippen LogP contribution in [-0.2, 0) is 10.2 Å². The normalized spacial score (nSPS) is 11.3. The molecule has 104 valence electrons. The number of rotatable bonds is 3. The van der Waals surface area contributed by atoms with Gasteiger partial charge in [-0.25, -0.2) is 4.39 Å². The van der Waals surface area contributed by atoms with Crippen LogP contribution in [0, 0.1) is 5.82 Å². The summed E-state index contributed by atoms with van der Waals surface area (Å²) in [5.74, 6) is -1.37. The molecule has 2 rings (SSSR count). The predicted molar refractivity (Wildman–Crippen MR) is 74.2 cm³/mol. The van der Waals surface area contributed by atoms with Gasteiger partial charge in [-0.1, -0.05) is 24.3 Å². The number of carboxylic acids is 1. The molecule has 20 heavy (non-hydrogen) atoms. The number of carboxylic acid groups (broad SMARTS) is 1. The highest BCUT2D eigenvalue weighted by molar-refractivity contribution is 5.81. The predicted octanol–water partition coefficient (Wildman–Crippen LogP) is 3.56. The standard InChI is InChI=1S/C16H15FO3/c1-16(2,15(19)20)11-5-3-10(4-6-11)13-9-12(17)7-8-14(13)18/h3-9,18H,1-2H3,(H,19,20). The number of aliphatic carboxylic acids is 1. The topological polar surface area (TPSA) is 57.5 Å². The van der Waals surface area contributed by atoms with E-state index in [1.807, 2.05) is 0 Å². The van der Waals surface area contributed by atoms with Crippen molar-refractivity contribution >= 4 is 5.97 Å². The van der Waals surface area contributed by atoms with Gasteiger partial charge in [0.05, 0.1) is 5.41 Å². The summed E-state index contributed by atoms with van der Waals surface area (Å²) < 4.78 is 13.2. The van der Waals surface area contributed by atoms with Crippen LogP contribution in [0.4, 0.5) is 4.39 Å². The molecule has 0 unspecified atom stereocenters. The summed E-state index contributed by atoms with van der Waals surface area (Å²) in [6.07, 6.45) is 0. The molecule has 2 N–H and O–H groups in total. The third-order valence-corrected chi connectivity index (χ3v) is 3.41.